The number of benzene rings is 2. The van der Waals surface area contributed by atoms with Crippen molar-refractivity contribution in [2.75, 3.05) is 0 Å². The molecule has 1 heterocycles. The molecule has 0 amide bonds. The maximum atomic E-state index is 12.5. The fraction of sp³-hybridized carbons (Fsp3) is 0.167. The highest BCUT2D eigenvalue weighted by molar-refractivity contribution is 9.10. The molecule has 0 fully saturated rings. The van der Waals surface area contributed by atoms with Gasteiger partial charge in [-0.15, -0.1) is 11.3 Å². The maximum Gasteiger partial charge on any atom is 0.416 e. The molecule has 0 saturated heterocycles. The standard InChI is InChI=1S/C18H14BrF3N2S/c19-15-7-3-13(4-8-15)16-10-24-17(25-16)11-23-9-12-1-5-14(6-2-12)18(20,21)22/h1-8,10,23H,9,11H2. The van der Waals surface area contributed by atoms with Gasteiger partial charge in [0.25, 0.3) is 0 Å². The fourth-order valence-electron chi connectivity index (χ4n) is 2.26. The molecule has 0 saturated carbocycles. The number of aromatic nitrogens is 1. The molecule has 1 N–H and O–H groups in total. The van der Waals surface area contributed by atoms with Gasteiger partial charge in [0.1, 0.15) is 5.01 Å². The van der Waals surface area contributed by atoms with E-state index in [0.29, 0.717) is 13.1 Å². The highest BCUT2D eigenvalue weighted by atomic mass is 79.9. The molecule has 0 bridgehead atoms. The first-order valence-corrected chi connectivity index (χ1v) is 9.10. The van der Waals surface area contributed by atoms with Crippen LogP contribution in [-0.4, -0.2) is 4.98 Å². The SMILES string of the molecule is FC(F)(F)c1ccc(CNCc2ncc(-c3ccc(Br)cc3)s2)cc1. The lowest BCUT2D eigenvalue weighted by molar-refractivity contribution is -0.137. The van der Waals surface area contributed by atoms with Crippen LogP contribution in [0.15, 0.2) is 59.2 Å². The minimum Gasteiger partial charge on any atom is -0.306 e. The van der Waals surface area contributed by atoms with Gasteiger partial charge < -0.3 is 5.32 Å². The summed E-state index contributed by atoms with van der Waals surface area (Å²) in [5, 5.41) is 4.14. The third kappa shape index (κ3) is 4.90. The first-order valence-electron chi connectivity index (χ1n) is 7.49. The molecule has 3 aromatic rings. The fourth-order valence-corrected chi connectivity index (χ4v) is 3.42. The largest absolute Gasteiger partial charge is 0.416 e. The Morgan fingerprint density at radius 1 is 0.960 bits per heavy atom. The van der Waals surface area contributed by atoms with Gasteiger partial charge in [-0.2, -0.15) is 13.2 Å². The number of nitrogens with zero attached hydrogens (tertiary/aromatic N) is 1. The van der Waals surface area contributed by atoms with Crippen molar-refractivity contribution in [3.8, 4) is 10.4 Å². The maximum absolute atomic E-state index is 12.5. The third-order valence-electron chi connectivity index (χ3n) is 3.57. The third-order valence-corrected chi connectivity index (χ3v) is 5.14. The molecule has 0 radical (unpaired) electrons. The number of hydrogen-bond acceptors (Lipinski definition) is 3. The van der Waals surface area contributed by atoms with Crippen LogP contribution in [0.25, 0.3) is 10.4 Å². The van der Waals surface area contributed by atoms with Gasteiger partial charge in [-0.05, 0) is 35.4 Å². The van der Waals surface area contributed by atoms with Crippen molar-refractivity contribution in [2.45, 2.75) is 19.3 Å². The second-order valence-electron chi connectivity index (χ2n) is 5.42. The van der Waals surface area contributed by atoms with Gasteiger partial charge in [0.2, 0.25) is 0 Å². The van der Waals surface area contributed by atoms with Crippen LogP contribution < -0.4 is 5.32 Å². The normalized spacial score (nSPS) is 11.7. The highest BCUT2D eigenvalue weighted by Crippen LogP contribution is 2.29. The molecule has 2 nitrogen and oxygen atoms in total. The highest BCUT2D eigenvalue weighted by Gasteiger charge is 2.29. The van der Waals surface area contributed by atoms with Crippen LogP contribution in [0, 0.1) is 0 Å². The van der Waals surface area contributed by atoms with E-state index in [1.807, 2.05) is 30.5 Å². The Balaban J connectivity index is 1.55. The summed E-state index contributed by atoms with van der Waals surface area (Å²) in [6, 6.07) is 13.2. The summed E-state index contributed by atoms with van der Waals surface area (Å²) in [6.45, 7) is 1.06. The van der Waals surface area contributed by atoms with E-state index in [-0.39, 0.29) is 0 Å². The van der Waals surface area contributed by atoms with Gasteiger partial charge in [0.05, 0.1) is 10.4 Å². The Bertz CT molecular complexity index is 827. The van der Waals surface area contributed by atoms with Gasteiger partial charge in [0.15, 0.2) is 0 Å². The van der Waals surface area contributed by atoms with Crippen molar-refractivity contribution in [1.29, 1.82) is 0 Å². The molecule has 3 rings (SSSR count). The summed E-state index contributed by atoms with van der Waals surface area (Å²) in [4.78, 5) is 5.47. The number of hydrogen-bond donors (Lipinski definition) is 1. The minimum absolute atomic E-state index is 0.491. The molecule has 2 aromatic carbocycles. The number of nitrogens with one attached hydrogen (secondary N) is 1. The molecule has 0 unspecified atom stereocenters. The topological polar surface area (TPSA) is 24.9 Å². The molecule has 0 spiro atoms. The van der Waals surface area contributed by atoms with E-state index < -0.39 is 11.7 Å². The predicted molar refractivity (Wildman–Crippen MR) is 97.2 cm³/mol. The van der Waals surface area contributed by atoms with Crippen molar-refractivity contribution in [3.05, 3.63) is 75.3 Å². The molecule has 0 aliphatic rings. The zero-order chi connectivity index (χ0) is 17.9. The smallest absolute Gasteiger partial charge is 0.306 e. The Kier molecular flexibility index (Phi) is 5.56. The summed E-state index contributed by atoms with van der Waals surface area (Å²) in [6.07, 6.45) is -2.46. The molecular formula is C18H14BrF3N2S. The Hall–Kier alpha value is -1.70. The van der Waals surface area contributed by atoms with E-state index in [1.54, 1.807) is 11.3 Å². The van der Waals surface area contributed by atoms with Crippen LogP contribution in [0.4, 0.5) is 13.2 Å². The van der Waals surface area contributed by atoms with Gasteiger partial charge in [-0.1, -0.05) is 40.2 Å². The lowest BCUT2D eigenvalue weighted by Crippen LogP contribution is -2.12. The summed E-state index contributed by atoms with van der Waals surface area (Å²) >= 11 is 5.01. The van der Waals surface area contributed by atoms with Crippen LogP contribution in [0.1, 0.15) is 16.1 Å². The van der Waals surface area contributed by atoms with Gasteiger partial charge in [0, 0.05) is 23.8 Å². The monoisotopic (exact) mass is 426 g/mol. The van der Waals surface area contributed by atoms with E-state index in [4.69, 9.17) is 0 Å². The lowest BCUT2D eigenvalue weighted by Gasteiger charge is -2.08. The molecule has 1 aromatic heterocycles. The first kappa shape index (κ1) is 18.1. The molecule has 25 heavy (non-hydrogen) atoms. The summed E-state index contributed by atoms with van der Waals surface area (Å²) in [5.74, 6) is 0. The number of halogens is 4. The zero-order valence-electron chi connectivity index (χ0n) is 13.0. The summed E-state index contributed by atoms with van der Waals surface area (Å²) < 4.78 is 38.6. The van der Waals surface area contributed by atoms with Crippen LogP contribution >= 0.6 is 27.3 Å². The van der Waals surface area contributed by atoms with Crippen molar-refractivity contribution >= 4 is 27.3 Å². The quantitative estimate of drug-likeness (QED) is 0.550. The summed E-state index contributed by atoms with van der Waals surface area (Å²) in [7, 11) is 0. The van der Waals surface area contributed by atoms with Crippen LogP contribution in [0.5, 0.6) is 0 Å². The second kappa shape index (κ2) is 7.68. The van der Waals surface area contributed by atoms with Gasteiger partial charge in [-0.25, -0.2) is 4.98 Å². The number of alkyl halides is 3. The van der Waals surface area contributed by atoms with E-state index in [1.165, 1.54) is 12.1 Å². The van der Waals surface area contributed by atoms with Crippen LogP contribution in [0.3, 0.4) is 0 Å². The number of thiazole rings is 1. The Morgan fingerprint density at radius 3 is 2.28 bits per heavy atom. The molecular weight excluding hydrogens is 413 g/mol. The molecule has 0 atom stereocenters. The molecule has 7 heteroatoms. The Morgan fingerprint density at radius 2 is 1.64 bits per heavy atom. The first-order chi connectivity index (χ1) is 11.9. The van der Waals surface area contributed by atoms with Gasteiger partial charge in [-0.3, -0.25) is 0 Å². The van der Waals surface area contributed by atoms with E-state index >= 15 is 0 Å². The Labute approximate surface area is 155 Å². The van der Waals surface area contributed by atoms with E-state index in [9.17, 15) is 13.2 Å². The average molecular weight is 427 g/mol. The number of rotatable bonds is 5. The second-order valence-corrected chi connectivity index (χ2v) is 7.45. The molecule has 0 aliphatic carbocycles. The molecule has 130 valence electrons. The van der Waals surface area contributed by atoms with Crippen LogP contribution in [-0.2, 0) is 19.3 Å². The van der Waals surface area contributed by atoms with Gasteiger partial charge >= 0.3 is 6.18 Å². The van der Waals surface area contributed by atoms with E-state index in [2.05, 4.69) is 26.2 Å². The average Bonchev–Trinajstić information content (AvgIpc) is 3.04. The van der Waals surface area contributed by atoms with Crippen molar-refractivity contribution in [2.24, 2.45) is 0 Å². The van der Waals surface area contributed by atoms with E-state index in [0.717, 1.165) is 37.6 Å². The zero-order valence-corrected chi connectivity index (χ0v) is 15.4. The van der Waals surface area contributed by atoms with Crippen molar-refractivity contribution in [1.82, 2.24) is 10.3 Å². The van der Waals surface area contributed by atoms with Crippen molar-refractivity contribution in [3.63, 3.8) is 0 Å². The lowest BCUT2D eigenvalue weighted by atomic mass is 10.1. The van der Waals surface area contributed by atoms with Crippen molar-refractivity contribution < 1.29 is 13.2 Å². The van der Waals surface area contributed by atoms with Crippen LogP contribution in [0.2, 0.25) is 0 Å². The predicted octanol–water partition coefficient (Wildman–Crippen LogP) is 5.88. The minimum atomic E-state index is -4.30. The summed E-state index contributed by atoms with van der Waals surface area (Å²) in [5.41, 5.74) is 1.28. The molecule has 0 aliphatic heterocycles.